The number of rotatable bonds is 7. The van der Waals surface area contributed by atoms with Crippen LogP contribution >= 0.6 is 27.7 Å². The summed E-state index contributed by atoms with van der Waals surface area (Å²) in [6, 6.07) is 4.06. The molecule has 0 fully saturated rings. The number of carboxylic acids is 1. The molecule has 1 aromatic carbocycles. The minimum absolute atomic E-state index is 0.347. The van der Waals surface area contributed by atoms with E-state index in [9.17, 15) is 9.59 Å². The number of hydrogen-bond donors (Lipinski definition) is 2. The van der Waals surface area contributed by atoms with Gasteiger partial charge in [0.15, 0.2) is 0 Å². The monoisotopic (exact) mass is 361 g/mol. The van der Waals surface area contributed by atoms with Gasteiger partial charge >= 0.3 is 5.97 Å². The highest BCUT2D eigenvalue weighted by Crippen LogP contribution is 2.22. The van der Waals surface area contributed by atoms with Crippen molar-refractivity contribution < 1.29 is 19.4 Å². The second-order valence-corrected chi connectivity index (χ2v) is 5.83. The maximum atomic E-state index is 12.1. The molecular formula is C13H16BrNO4S. The van der Waals surface area contributed by atoms with E-state index in [-0.39, 0.29) is 0 Å². The summed E-state index contributed by atoms with van der Waals surface area (Å²) in [4.78, 5) is 23.3. The van der Waals surface area contributed by atoms with Gasteiger partial charge in [-0.25, -0.2) is 4.79 Å². The number of hydrogen-bond acceptors (Lipinski definition) is 4. The summed E-state index contributed by atoms with van der Waals surface area (Å²) >= 11 is 4.81. The summed E-state index contributed by atoms with van der Waals surface area (Å²) < 4.78 is 5.64. The van der Waals surface area contributed by atoms with Crippen LogP contribution in [0.4, 0.5) is 0 Å². The number of halogens is 1. The Morgan fingerprint density at radius 3 is 2.75 bits per heavy atom. The number of aliphatic carboxylic acids is 1. The first-order valence-corrected chi connectivity index (χ1v) is 8.04. The van der Waals surface area contributed by atoms with Crippen LogP contribution in [0.2, 0.25) is 0 Å². The number of carboxylic acid groups (broad SMARTS) is 1. The van der Waals surface area contributed by atoms with E-state index in [1.165, 1.54) is 18.9 Å². The Bertz CT molecular complexity index is 495. The molecule has 7 heteroatoms. The van der Waals surface area contributed by atoms with Crippen LogP contribution in [0, 0.1) is 0 Å². The SMILES string of the molecule is COc1ccc(Br)c(C(=O)N[C@H](CCSC)C(=O)O)c1. The van der Waals surface area contributed by atoms with Gasteiger partial charge in [-0.3, -0.25) is 4.79 Å². The fourth-order valence-electron chi connectivity index (χ4n) is 1.53. The number of thioether (sulfide) groups is 1. The van der Waals surface area contributed by atoms with Crippen molar-refractivity contribution in [1.29, 1.82) is 0 Å². The fourth-order valence-corrected chi connectivity index (χ4v) is 2.43. The topological polar surface area (TPSA) is 75.6 Å². The van der Waals surface area contributed by atoms with Crippen molar-refractivity contribution in [3.05, 3.63) is 28.2 Å². The van der Waals surface area contributed by atoms with Crippen LogP contribution in [-0.2, 0) is 4.79 Å². The lowest BCUT2D eigenvalue weighted by molar-refractivity contribution is -0.139. The standard InChI is InChI=1S/C13H16BrNO4S/c1-19-8-3-4-10(14)9(7-8)12(16)15-11(13(17)18)5-6-20-2/h3-4,7,11H,5-6H2,1-2H3,(H,15,16)(H,17,18)/t11-/m1/s1. The third-order valence-electron chi connectivity index (χ3n) is 2.63. The van der Waals surface area contributed by atoms with Gasteiger partial charge in [0.1, 0.15) is 11.8 Å². The maximum Gasteiger partial charge on any atom is 0.326 e. The van der Waals surface area contributed by atoms with E-state index in [0.717, 1.165) is 0 Å². The Morgan fingerprint density at radius 2 is 2.20 bits per heavy atom. The van der Waals surface area contributed by atoms with Gasteiger partial charge < -0.3 is 15.2 Å². The lowest BCUT2D eigenvalue weighted by atomic mass is 10.1. The molecule has 1 atom stereocenters. The number of amides is 1. The number of nitrogens with one attached hydrogen (secondary N) is 1. The molecule has 0 bridgehead atoms. The molecule has 110 valence electrons. The number of methoxy groups -OCH3 is 1. The van der Waals surface area contributed by atoms with Crippen molar-refractivity contribution in [1.82, 2.24) is 5.32 Å². The molecule has 0 unspecified atom stereocenters. The van der Waals surface area contributed by atoms with Crippen molar-refractivity contribution in [3.8, 4) is 5.75 Å². The highest BCUT2D eigenvalue weighted by molar-refractivity contribution is 9.10. The average molecular weight is 362 g/mol. The summed E-state index contributed by atoms with van der Waals surface area (Å²) in [7, 11) is 1.50. The van der Waals surface area contributed by atoms with Gasteiger partial charge in [0.05, 0.1) is 12.7 Å². The molecule has 0 aliphatic carbocycles. The quantitative estimate of drug-likeness (QED) is 0.779. The Kier molecular flexibility index (Phi) is 6.87. The summed E-state index contributed by atoms with van der Waals surface area (Å²) in [5, 5.41) is 11.6. The van der Waals surface area contributed by atoms with Crippen molar-refractivity contribution in [2.75, 3.05) is 19.1 Å². The van der Waals surface area contributed by atoms with Crippen molar-refractivity contribution in [2.24, 2.45) is 0 Å². The summed E-state index contributed by atoms with van der Waals surface area (Å²) in [5.74, 6) is -0.277. The largest absolute Gasteiger partial charge is 0.497 e. The second kappa shape index (κ2) is 8.16. The molecule has 0 spiro atoms. The first-order valence-electron chi connectivity index (χ1n) is 5.85. The van der Waals surface area contributed by atoms with E-state index < -0.39 is 17.9 Å². The first kappa shape index (κ1) is 16.8. The normalized spacial score (nSPS) is 11.8. The van der Waals surface area contributed by atoms with E-state index in [1.54, 1.807) is 18.2 Å². The van der Waals surface area contributed by atoms with Gasteiger partial charge in [-0.15, -0.1) is 0 Å². The predicted molar refractivity (Wildman–Crippen MR) is 82.6 cm³/mol. The van der Waals surface area contributed by atoms with Crippen LogP contribution in [0.15, 0.2) is 22.7 Å². The Hall–Kier alpha value is -1.21. The summed E-state index contributed by atoms with van der Waals surface area (Å²) in [5.41, 5.74) is 0.347. The zero-order chi connectivity index (χ0) is 15.1. The van der Waals surface area contributed by atoms with Crippen molar-refractivity contribution in [3.63, 3.8) is 0 Å². The van der Waals surface area contributed by atoms with E-state index in [1.807, 2.05) is 6.26 Å². The molecule has 0 saturated heterocycles. The molecule has 20 heavy (non-hydrogen) atoms. The smallest absolute Gasteiger partial charge is 0.326 e. The minimum Gasteiger partial charge on any atom is -0.497 e. The molecule has 0 heterocycles. The van der Waals surface area contributed by atoms with E-state index in [4.69, 9.17) is 9.84 Å². The molecule has 1 rings (SSSR count). The van der Waals surface area contributed by atoms with Gasteiger partial charge in [-0.2, -0.15) is 11.8 Å². The summed E-state index contributed by atoms with van der Waals surface area (Å²) in [6.45, 7) is 0. The predicted octanol–water partition coefficient (Wildman–Crippen LogP) is 2.39. The average Bonchev–Trinajstić information content (AvgIpc) is 2.43. The van der Waals surface area contributed by atoms with Gasteiger partial charge in [-0.1, -0.05) is 0 Å². The molecule has 0 saturated carbocycles. The molecule has 0 radical (unpaired) electrons. The third-order valence-corrected chi connectivity index (χ3v) is 3.97. The number of benzene rings is 1. The van der Waals surface area contributed by atoms with Crippen LogP contribution in [0.5, 0.6) is 5.75 Å². The lowest BCUT2D eigenvalue weighted by Crippen LogP contribution is -2.41. The third kappa shape index (κ3) is 4.72. The molecular weight excluding hydrogens is 346 g/mol. The highest BCUT2D eigenvalue weighted by Gasteiger charge is 2.21. The number of carbonyl (C=O) groups is 2. The molecule has 0 aromatic heterocycles. The molecule has 1 amide bonds. The van der Waals surface area contributed by atoms with E-state index >= 15 is 0 Å². The fraction of sp³-hybridized carbons (Fsp3) is 0.385. The van der Waals surface area contributed by atoms with Crippen molar-refractivity contribution >= 4 is 39.6 Å². The Balaban J connectivity index is 2.85. The van der Waals surface area contributed by atoms with Gasteiger partial charge in [-0.05, 0) is 52.6 Å². The van der Waals surface area contributed by atoms with Gasteiger partial charge in [0.2, 0.25) is 0 Å². The van der Waals surface area contributed by atoms with Crippen LogP contribution < -0.4 is 10.1 Å². The number of carbonyl (C=O) groups excluding carboxylic acids is 1. The molecule has 0 aliphatic heterocycles. The zero-order valence-corrected chi connectivity index (χ0v) is 13.6. The van der Waals surface area contributed by atoms with Crippen LogP contribution in [-0.4, -0.2) is 42.1 Å². The molecule has 1 aromatic rings. The molecule has 2 N–H and O–H groups in total. The minimum atomic E-state index is -1.04. The highest BCUT2D eigenvalue weighted by atomic mass is 79.9. The van der Waals surface area contributed by atoms with Gasteiger partial charge in [0, 0.05) is 4.47 Å². The Morgan fingerprint density at radius 1 is 1.50 bits per heavy atom. The Labute approximate surface area is 130 Å². The molecule has 5 nitrogen and oxygen atoms in total. The zero-order valence-electron chi connectivity index (χ0n) is 11.2. The van der Waals surface area contributed by atoms with E-state index in [0.29, 0.717) is 28.0 Å². The van der Waals surface area contributed by atoms with Crippen LogP contribution in [0.1, 0.15) is 16.8 Å². The maximum absolute atomic E-state index is 12.1. The van der Waals surface area contributed by atoms with Crippen molar-refractivity contribution in [2.45, 2.75) is 12.5 Å². The van der Waals surface area contributed by atoms with Crippen LogP contribution in [0.25, 0.3) is 0 Å². The van der Waals surface area contributed by atoms with Gasteiger partial charge in [0.25, 0.3) is 5.91 Å². The summed E-state index contributed by atoms with van der Waals surface area (Å²) in [6.07, 6.45) is 2.27. The molecule has 0 aliphatic rings. The van der Waals surface area contributed by atoms with Crippen LogP contribution in [0.3, 0.4) is 0 Å². The lowest BCUT2D eigenvalue weighted by Gasteiger charge is -2.15. The number of ether oxygens (including phenoxy) is 1. The first-order chi connectivity index (χ1) is 9.49. The second-order valence-electron chi connectivity index (χ2n) is 3.99. The van der Waals surface area contributed by atoms with E-state index in [2.05, 4.69) is 21.2 Å².